The van der Waals surface area contributed by atoms with Crippen LogP contribution in [0.2, 0.25) is 0 Å². The fourth-order valence-corrected chi connectivity index (χ4v) is 4.15. The molecule has 3 rings (SSSR count). The van der Waals surface area contributed by atoms with E-state index in [0.29, 0.717) is 24.0 Å². The summed E-state index contributed by atoms with van der Waals surface area (Å²) in [6.45, 7) is 1.60. The van der Waals surface area contributed by atoms with E-state index in [0.717, 1.165) is 19.3 Å². The Morgan fingerprint density at radius 3 is 2.03 bits per heavy atom. The Labute approximate surface area is 183 Å². The van der Waals surface area contributed by atoms with Crippen molar-refractivity contribution in [3.8, 4) is 6.07 Å². The second-order valence-electron chi connectivity index (χ2n) is 7.73. The number of ether oxygens (including phenoxy) is 2. The third-order valence-corrected chi connectivity index (χ3v) is 5.64. The summed E-state index contributed by atoms with van der Waals surface area (Å²) in [5.74, 6) is -1.15. The van der Waals surface area contributed by atoms with E-state index in [9.17, 15) is 14.9 Å². The molecule has 6 nitrogen and oxygen atoms in total. The van der Waals surface area contributed by atoms with Gasteiger partial charge >= 0.3 is 5.97 Å². The van der Waals surface area contributed by atoms with Crippen molar-refractivity contribution in [2.24, 2.45) is 0 Å². The Hall–Kier alpha value is -3.17. The van der Waals surface area contributed by atoms with Crippen LogP contribution in [-0.4, -0.2) is 30.6 Å². The fraction of sp³-hybridized carbons (Fsp3) is 0.400. The van der Waals surface area contributed by atoms with Crippen LogP contribution >= 0.6 is 0 Å². The molecule has 0 bridgehead atoms. The number of carbonyl (C=O) groups is 2. The van der Waals surface area contributed by atoms with E-state index in [4.69, 9.17) is 9.47 Å². The number of nitriles is 1. The average molecular weight is 421 g/mol. The second kappa shape index (κ2) is 10.2. The molecule has 1 N–H and O–H groups in total. The number of hydrogen-bond donors (Lipinski definition) is 1. The summed E-state index contributed by atoms with van der Waals surface area (Å²) < 4.78 is 11.5. The molecule has 0 heterocycles. The molecule has 1 aliphatic carbocycles. The fourth-order valence-electron chi connectivity index (χ4n) is 4.15. The third-order valence-electron chi connectivity index (χ3n) is 5.64. The summed E-state index contributed by atoms with van der Waals surface area (Å²) in [5, 5.41) is 12.4. The molecule has 0 unspecified atom stereocenters. The van der Waals surface area contributed by atoms with E-state index in [1.807, 2.05) is 36.4 Å². The first kappa shape index (κ1) is 22.5. The number of amides is 1. The van der Waals surface area contributed by atoms with Gasteiger partial charge in [0.05, 0.1) is 6.07 Å². The van der Waals surface area contributed by atoms with E-state index in [1.165, 1.54) is 0 Å². The van der Waals surface area contributed by atoms with Crippen molar-refractivity contribution in [1.82, 2.24) is 5.32 Å². The molecule has 1 aliphatic rings. The number of esters is 1. The zero-order valence-electron chi connectivity index (χ0n) is 17.8. The summed E-state index contributed by atoms with van der Waals surface area (Å²) >= 11 is 0. The molecule has 6 heteroatoms. The van der Waals surface area contributed by atoms with E-state index >= 15 is 0 Å². The van der Waals surface area contributed by atoms with Crippen LogP contribution in [0.1, 0.15) is 50.2 Å². The molecule has 162 valence electrons. The van der Waals surface area contributed by atoms with Gasteiger partial charge in [0, 0.05) is 6.61 Å². The van der Waals surface area contributed by atoms with Gasteiger partial charge in [0.25, 0.3) is 5.91 Å². The van der Waals surface area contributed by atoms with Crippen LogP contribution in [-0.2, 0) is 24.7 Å². The minimum absolute atomic E-state index is 0.266. The molecular formula is C25H28N2O4. The monoisotopic (exact) mass is 420 g/mol. The van der Waals surface area contributed by atoms with E-state index in [-0.39, 0.29) is 6.61 Å². The molecule has 1 amide bonds. The van der Waals surface area contributed by atoms with Crippen molar-refractivity contribution in [1.29, 1.82) is 5.26 Å². The maximum absolute atomic E-state index is 13.4. The van der Waals surface area contributed by atoms with Gasteiger partial charge in [-0.2, -0.15) is 5.26 Å². The number of benzene rings is 2. The van der Waals surface area contributed by atoms with Crippen LogP contribution in [0.4, 0.5) is 0 Å². The molecule has 1 saturated carbocycles. The van der Waals surface area contributed by atoms with Crippen molar-refractivity contribution in [2.75, 3.05) is 13.2 Å². The largest absolute Gasteiger partial charge is 0.453 e. The maximum Gasteiger partial charge on any atom is 0.348 e. The van der Waals surface area contributed by atoms with Gasteiger partial charge in [0.2, 0.25) is 5.60 Å². The molecule has 1 fully saturated rings. The summed E-state index contributed by atoms with van der Waals surface area (Å²) in [5.41, 5.74) is -1.13. The van der Waals surface area contributed by atoms with Crippen molar-refractivity contribution in [2.45, 2.75) is 50.2 Å². The van der Waals surface area contributed by atoms with Gasteiger partial charge in [-0.05, 0) is 30.9 Å². The zero-order chi connectivity index (χ0) is 22.2. The maximum atomic E-state index is 13.4. The number of carbonyl (C=O) groups excluding carboxylic acids is 2. The first-order valence-corrected chi connectivity index (χ1v) is 10.7. The molecule has 0 spiro atoms. The minimum Gasteiger partial charge on any atom is -0.453 e. The van der Waals surface area contributed by atoms with Crippen LogP contribution < -0.4 is 5.32 Å². The molecule has 0 aliphatic heterocycles. The highest BCUT2D eigenvalue weighted by Gasteiger charge is 2.45. The van der Waals surface area contributed by atoms with Crippen LogP contribution in [0.5, 0.6) is 0 Å². The van der Waals surface area contributed by atoms with Crippen LogP contribution in [0.15, 0.2) is 60.7 Å². The Balaban J connectivity index is 1.82. The van der Waals surface area contributed by atoms with Crippen molar-refractivity contribution < 1.29 is 19.1 Å². The van der Waals surface area contributed by atoms with Gasteiger partial charge in [-0.25, -0.2) is 4.79 Å². The number of hydrogen-bond acceptors (Lipinski definition) is 5. The lowest BCUT2D eigenvalue weighted by Gasteiger charge is -2.33. The van der Waals surface area contributed by atoms with Gasteiger partial charge in [0.15, 0.2) is 6.61 Å². The Morgan fingerprint density at radius 2 is 1.55 bits per heavy atom. The normalized spacial score (nSPS) is 15.5. The molecule has 2 aromatic carbocycles. The topological polar surface area (TPSA) is 88.4 Å². The summed E-state index contributed by atoms with van der Waals surface area (Å²) in [7, 11) is 0. The van der Waals surface area contributed by atoms with Crippen LogP contribution in [0.25, 0.3) is 0 Å². The number of nitrogens with one attached hydrogen (secondary N) is 1. The van der Waals surface area contributed by atoms with Crippen molar-refractivity contribution in [3.63, 3.8) is 0 Å². The van der Waals surface area contributed by atoms with Crippen LogP contribution in [0.3, 0.4) is 0 Å². The lowest BCUT2D eigenvalue weighted by molar-refractivity contribution is -0.170. The Kier molecular flexibility index (Phi) is 7.43. The smallest absolute Gasteiger partial charge is 0.348 e. The molecule has 2 aromatic rings. The molecule has 0 saturated heterocycles. The van der Waals surface area contributed by atoms with Gasteiger partial charge in [-0.3, -0.25) is 4.79 Å². The standard InChI is InChI=1S/C25H28N2O4/c1-2-31-25(20-12-6-3-7-13-20,21-14-8-4-9-15-21)23(29)30-18-22(28)27-24(19-26)16-10-5-11-17-24/h3-4,6-9,12-15H,2,5,10-11,16-18H2,1H3,(H,27,28). The highest BCUT2D eigenvalue weighted by atomic mass is 16.6. The SMILES string of the molecule is CCOC(C(=O)OCC(=O)NC1(C#N)CCCCC1)(c1ccccc1)c1ccccc1. The van der Waals surface area contributed by atoms with Gasteiger partial charge in [-0.1, -0.05) is 79.9 Å². The van der Waals surface area contributed by atoms with Crippen molar-refractivity contribution >= 4 is 11.9 Å². The summed E-state index contributed by atoms with van der Waals surface area (Å²) in [6, 6.07) is 20.5. The molecular weight excluding hydrogens is 392 g/mol. The summed E-state index contributed by atoms with van der Waals surface area (Å²) in [4.78, 5) is 26.0. The van der Waals surface area contributed by atoms with E-state index in [2.05, 4.69) is 11.4 Å². The quantitative estimate of drug-likeness (QED) is 0.655. The number of rotatable bonds is 8. The zero-order valence-corrected chi connectivity index (χ0v) is 17.8. The first-order valence-electron chi connectivity index (χ1n) is 10.7. The lowest BCUT2D eigenvalue weighted by atomic mass is 9.83. The second-order valence-corrected chi connectivity index (χ2v) is 7.73. The Morgan fingerprint density at radius 1 is 1.00 bits per heavy atom. The highest BCUT2D eigenvalue weighted by molar-refractivity contribution is 5.88. The lowest BCUT2D eigenvalue weighted by Crippen LogP contribution is -2.50. The molecule has 31 heavy (non-hydrogen) atoms. The van der Waals surface area contributed by atoms with Gasteiger partial charge in [0.1, 0.15) is 5.54 Å². The first-order chi connectivity index (χ1) is 15.1. The highest BCUT2D eigenvalue weighted by Crippen LogP contribution is 2.35. The molecule has 0 aromatic heterocycles. The predicted octanol–water partition coefficient (Wildman–Crippen LogP) is 3.85. The minimum atomic E-state index is -1.49. The van der Waals surface area contributed by atoms with Gasteiger partial charge < -0.3 is 14.8 Å². The van der Waals surface area contributed by atoms with E-state index < -0.39 is 29.6 Å². The predicted molar refractivity (Wildman–Crippen MR) is 116 cm³/mol. The van der Waals surface area contributed by atoms with Crippen molar-refractivity contribution in [3.05, 3.63) is 71.8 Å². The van der Waals surface area contributed by atoms with Gasteiger partial charge in [-0.15, -0.1) is 0 Å². The molecule has 0 radical (unpaired) electrons. The Bertz CT molecular complexity index is 876. The third kappa shape index (κ3) is 4.95. The van der Waals surface area contributed by atoms with E-state index in [1.54, 1.807) is 31.2 Å². The molecule has 0 atom stereocenters. The van der Waals surface area contributed by atoms with Crippen LogP contribution in [0, 0.1) is 11.3 Å². The summed E-state index contributed by atoms with van der Waals surface area (Å²) in [6.07, 6.45) is 4.06. The number of nitrogens with zero attached hydrogens (tertiary/aromatic N) is 1. The average Bonchev–Trinajstić information content (AvgIpc) is 2.82.